The molecule has 128 valence electrons. The zero-order chi connectivity index (χ0) is 17.2. The molecule has 0 radical (unpaired) electrons. The average molecular weight is 354 g/mol. The fourth-order valence-electron chi connectivity index (χ4n) is 2.92. The first-order valence-corrected chi connectivity index (χ1v) is 9.06. The predicted octanol–water partition coefficient (Wildman–Crippen LogP) is 2.27. The van der Waals surface area contributed by atoms with Crippen LogP contribution in [0.5, 0.6) is 0 Å². The number of aryl methyl sites for hydroxylation is 2. The molecule has 3 aromatic rings. The third kappa shape index (κ3) is 3.43. The SMILES string of the molecule is Cc1ccc(-c2cn(CCC3CN(C(=O)c4csnn4)C3)nn2)cc1. The van der Waals surface area contributed by atoms with Gasteiger partial charge in [-0.05, 0) is 30.8 Å². The van der Waals surface area contributed by atoms with E-state index in [4.69, 9.17) is 0 Å². The minimum Gasteiger partial charge on any atom is -0.337 e. The van der Waals surface area contributed by atoms with Crippen molar-refractivity contribution >= 4 is 17.4 Å². The van der Waals surface area contributed by atoms with Gasteiger partial charge in [0.25, 0.3) is 5.91 Å². The zero-order valence-electron chi connectivity index (χ0n) is 13.9. The first-order chi connectivity index (χ1) is 12.2. The average Bonchev–Trinajstić information content (AvgIpc) is 3.26. The van der Waals surface area contributed by atoms with E-state index < -0.39 is 0 Å². The number of benzene rings is 1. The molecule has 0 atom stereocenters. The number of carbonyl (C=O) groups is 1. The Morgan fingerprint density at radius 1 is 1.24 bits per heavy atom. The largest absolute Gasteiger partial charge is 0.337 e. The third-order valence-electron chi connectivity index (χ3n) is 4.48. The zero-order valence-corrected chi connectivity index (χ0v) is 14.7. The summed E-state index contributed by atoms with van der Waals surface area (Å²) < 4.78 is 5.62. The van der Waals surface area contributed by atoms with Gasteiger partial charge in [0.2, 0.25) is 0 Å². The lowest BCUT2D eigenvalue weighted by atomic mass is 9.96. The van der Waals surface area contributed by atoms with E-state index in [-0.39, 0.29) is 5.91 Å². The minimum absolute atomic E-state index is 0.0209. The normalized spacial score (nSPS) is 14.5. The monoisotopic (exact) mass is 354 g/mol. The molecule has 0 N–H and O–H groups in total. The summed E-state index contributed by atoms with van der Waals surface area (Å²) in [7, 11) is 0. The molecule has 1 amide bonds. The highest BCUT2D eigenvalue weighted by atomic mass is 32.1. The van der Waals surface area contributed by atoms with Gasteiger partial charge in [0.1, 0.15) is 5.69 Å². The molecule has 1 aliphatic rings. The van der Waals surface area contributed by atoms with Crippen molar-refractivity contribution in [3.63, 3.8) is 0 Å². The van der Waals surface area contributed by atoms with Gasteiger partial charge in [-0.1, -0.05) is 39.5 Å². The van der Waals surface area contributed by atoms with Crippen LogP contribution in [0.1, 0.15) is 22.5 Å². The summed E-state index contributed by atoms with van der Waals surface area (Å²) in [5.74, 6) is 0.481. The molecule has 0 aliphatic carbocycles. The Labute approximate surface area is 149 Å². The fourth-order valence-corrected chi connectivity index (χ4v) is 3.35. The summed E-state index contributed by atoms with van der Waals surface area (Å²) >= 11 is 1.20. The molecule has 7 nitrogen and oxygen atoms in total. The third-order valence-corrected chi connectivity index (χ3v) is 4.98. The van der Waals surface area contributed by atoms with Crippen molar-refractivity contribution in [2.75, 3.05) is 13.1 Å². The van der Waals surface area contributed by atoms with Crippen molar-refractivity contribution in [3.8, 4) is 11.3 Å². The lowest BCUT2D eigenvalue weighted by molar-refractivity contribution is 0.0469. The van der Waals surface area contributed by atoms with Gasteiger partial charge in [-0.2, -0.15) is 0 Å². The Morgan fingerprint density at radius 3 is 2.76 bits per heavy atom. The Balaban J connectivity index is 1.27. The summed E-state index contributed by atoms with van der Waals surface area (Å²) in [5, 5.41) is 14.0. The van der Waals surface area contributed by atoms with E-state index >= 15 is 0 Å². The van der Waals surface area contributed by atoms with Gasteiger partial charge < -0.3 is 4.90 Å². The van der Waals surface area contributed by atoms with Crippen molar-refractivity contribution in [1.29, 1.82) is 0 Å². The van der Waals surface area contributed by atoms with E-state index in [2.05, 4.69) is 51.1 Å². The van der Waals surface area contributed by atoms with Crippen LogP contribution in [0, 0.1) is 12.8 Å². The number of carbonyl (C=O) groups excluding carboxylic acids is 1. The van der Waals surface area contributed by atoms with Gasteiger partial charge in [-0.3, -0.25) is 9.48 Å². The molecule has 0 bridgehead atoms. The highest BCUT2D eigenvalue weighted by Gasteiger charge is 2.31. The second-order valence-corrected chi connectivity index (χ2v) is 7.00. The maximum Gasteiger partial charge on any atom is 0.275 e. The molecule has 8 heteroatoms. The van der Waals surface area contributed by atoms with Gasteiger partial charge in [-0.25, -0.2) is 0 Å². The predicted molar refractivity (Wildman–Crippen MR) is 94.1 cm³/mol. The molecule has 2 aromatic heterocycles. The molecule has 1 saturated heterocycles. The van der Waals surface area contributed by atoms with E-state index in [1.54, 1.807) is 5.38 Å². The molecule has 1 aliphatic heterocycles. The number of hydrogen-bond acceptors (Lipinski definition) is 6. The molecule has 1 aromatic carbocycles. The first-order valence-electron chi connectivity index (χ1n) is 8.22. The number of rotatable bonds is 5. The van der Waals surface area contributed by atoms with Crippen LogP contribution in [0.2, 0.25) is 0 Å². The van der Waals surface area contributed by atoms with Gasteiger partial charge in [0.15, 0.2) is 5.69 Å². The Hall–Kier alpha value is -2.61. The smallest absolute Gasteiger partial charge is 0.275 e. The van der Waals surface area contributed by atoms with E-state index in [0.717, 1.165) is 37.3 Å². The van der Waals surface area contributed by atoms with E-state index in [1.807, 2.05) is 15.8 Å². The molecular formula is C17H18N6OS. The number of aromatic nitrogens is 5. The van der Waals surface area contributed by atoms with Gasteiger partial charge in [0.05, 0.1) is 6.20 Å². The first kappa shape index (κ1) is 15.9. The number of hydrogen-bond donors (Lipinski definition) is 0. The van der Waals surface area contributed by atoms with Crippen molar-refractivity contribution in [2.24, 2.45) is 5.92 Å². The standard InChI is InChI=1S/C17H18N6OS/c1-12-2-4-14(5-3-12)15-10-23(20-18-15)7-6-13-8-22(9-13)17(24)16-11-25-21-19-16/h2-5,10-11,13H,6-9H2,1H3. The molecule has 1 fully saturated rings. The lowest BCUT2D eigenvalue weighted by Crippen LogP contribution is -2.50. The second kappa shape index (κ2) is 6.72. The van der Waals surface area contributed by atoms with Crippen LogP contribution in [-0.4, -0.2) is 48.5 Å². The second-order valence-electron chi connectivity index (χ2n) is 6.39. The van der Waals surface area contributed by atoms with Crippen LogP contribution in [0.3, 0.4) is 0 Å². The van der Waals surface area contributed by atoms with Crippen LogP contribution in [0.15, 0.2) is 35.8 Å². The number of likely N-dealkylation sites (tertiary alicyclic amines) is 1. The summed E-state index contributed by atoms with van der Waals surface area (Å²) in [5.41, 5.74) is 3.65. The Kier molecular flexibility index (Phi) is 4.27. The Morgan fingerprint density at radius 2 is 2.04 bits per heavy atom. The van der Waals surface area contributed by atoms with E-state index in [9.17, 15) is 4.79 Å². The van der Waals surface area contributed by atoms with Gasteiger partial charge >= 0.3 is 0 Å². The lowest BCUT2D eigenvalue weighted by Gasteiger charge is -2.38. The van der Waals surface area contributed by atoms with Crippen molar-refractivity contribution in [1.82, 2.24) is 29.5 Å². The highest BCUT2D eigenvalue weighted by Crippen LogP contribution is 2.22. The highest BCUT2D eigenvalue weighted by molar-refractivity contribution is 7.03. The summed E-state index contributed by atoms with van der Waals surface area (Å²) in [6, 6.07) is 8.28. The van der Waals surface area contributed by atoms with Gasteiger partial charge in [-0.15, -0.1) is 10.2 Å². The quantitative estimate of drug-likeness (QED) is 0.702. The number of amides is 1. The molecule has 4 rings (SSSR count). The van der Waals surface area contributed by atoms with Gasteiger partial charge in [0, 0.05) is 30.6 Å². The van der Waals surface area contributed by atoms with E-state index in [1.165, 1.54) is 17.1 Å². The van der Waals surface area contributed by atoms with Crippen LogP contribution >= 0.6 is 11.5 Å². The molecule has 0 unspecified atom stereocenters. The summed E-state index contributed by atoms with van der Waals surface area (Å²) in [4.78, 5) is 13.9. The summed E-state index contributed by atoms with van der Waals surface area (Å²) in [6.07, 6.45) is 2.96. The van der Waals surface area contributed by atoms with Crippen LogP contribution < -0.4 is 0 Å². The Bertz CT molecular complexity index is 852. The molecule has 25 heavy (non-hydrogen) atoms. The maximum atomic E-state index is 12.1. The summed E-state index contributed by atoms with van der Waals surface area (Å²) in [6.45, 7) is 4.42. The van der Waals surface area contributed by atoms with Crippen LogP contribution in [0.4, 0.5) is 0 Å². The van der Waals surface area contributed by atoms with E-state index in [0.29, 0.717) is 11.6 Å². The van der Waals surface area contributed by atoms with Crippen molar-refractivity contribution in [2.45, 2.75) is 19.9 Å². The molecule has 0 saturated carbocycles. The fraction of sp³-hybridized carbons (Fsp3) is 0.353. The molecular weight excluding hydrogens is 336 g/mol. The van der Waals surface area contributed by atoms with Crippen LogP contribution in [0.25, 0.3) is 11.3 Å². The maximum absolute atomic E-state index is 12.1. The minimum atomic E-state index is -0.0209. The van der Waals surface area contributed by atoms with Crippen LogP contribution in [-0.2, 0) is 6.54 Å². The number of nitrogens with zero attached hydrogens (tertiary/aromatic N) is 6. The molecule has 0 spiro atoms. The van der Waals surface area contributed by atoms with Crippen molar-refractivity contribution in [3.05, 3.63) is 47.1 Å². The van der Waals surface area contributed by atoms with Crippen molar-refractivity contribution < 1.29 is 4.79 Å². The molecule has 3 heterocycles. The topological polar surface area (TPSA) is 76.8 Å².